The summed E-state index contributed by atoms with van der Waals surface area (Å²) >= 11 is 0. The minimum Gasteiger partial charge on any atom is -0.421 e. The van der Waals surface area contributed by atoms with Crippen molar-refractivity contribution in [2.75, 3.05) is 6.23 Å². The van der Waals surface area contributed by atoms with E-state index in [0.717, 1.165) is 6.23 Å². The average molecular weight is 162 g/mol. The maximum Gasteiger partial charge on any atom is 0.183 e. The van der Waals surface area contributed by atoms with Gasteiger partial charge in [0.2, 0.25) is 0 Å². The quantitative estimate of drug-likeness (QED) is 0.576. The summed E-state index contributed by atoms with van der Waals surface area (Å²) < 4.78 is 5.69. The van der Waals surface area contributed by atoms with E-state index in [9.17, 15) is 0 Å². The van der Waals surface area contributed by atoms with E-state index in [2.05, 4.69) is 32.7 Å². The van der Waals surface area contributed by atoms with Gasteiger partial charge in [0.05, 0.1) is 8.80 Å². The topological polar surface area (TPSA) is 9.23 Å². The van der Waals surface area contributed by atoms with E-state index >= 15 is 0 Å². The van der Waals surface area contributed by atoms with Crippen LogP contribution in [0, 0.1) is 0 Å². The second kappa shape index (κ2) is 3.53. The molecule has 0 aromatic heterocycles. The third-order valence-corrected chi connectivity index (χ3v) is 3.05. The van der Waals surface area contributed by atoms with Crippen molar-refractivity contribution in [2.24, 2.45) is 0 Å². The van der Waals surface area contributed by atoms with Gasteiger partial charge in [-0.2, -0.15) is 0 Å². The van der Waals surface area contributed by atoms with E-state index in [-0.39, 0.29) is 0 Å². The molecule has 0 unspecified atom stereocenters. The Kier molecular flexibility index (Phi) is 3.69. The Morgan fingerprint density at radius 2 is 1.67 bits per heavy atom. The highest BCUT2D eigenvalue weighted by atomic mass is 28.4. The molecule has 0 aromatic rings. The molecule has 0 aliphatic carbocycles. The van der Waals surface area contributed by atoms with Gasteiger partial charge in [0.25, 0.3) is 0 Å². The molecule has 0 amide bonds. The summed E-state index contributed by atoms with van der Waals surface area (Å²) in [5.74, 6) is 0. The molecule has 0 fully saturated rings. The van der Waals surface area contributed by atoms with Crippen molar-refractivity contribution in [2.45, 2.75) is 32.7 Å². The van der Waals surface area contributed by atoms with Crippen molar-refractivity contribution in [3.8, 4) is 0 Å². The lowest BCUT2D eigenvalue weighted by Crippen LogP contribution is -2.29. The van der Waals surface area contributed by atoms with Crippen molar-refractivity contribution in [1.82, 2.24) is 0 Å². The maximum atomic E-state index is 5.69. The van der Waals surface area contributed by atoms with Crippen molar-refractivity contribution in [3.63, 3.8) is 0 Å². The van der Waals surface area contributed by atoms with Crippen molar-refractivity contribution in [1.29, 1.82) is 0 Å². The van der Waals surface area contributed by atoms with Crippen LogP contribution in [-0.2, 0) is 4.43 Å². The second-order valence-electron chi connectivity index (χ2n) is 3.82. The van der Waals surface area contributed by atoms with Crippen molar-refractivity contribution >= 4 is 17.1 Å². The molecule has 3 heteroatoms. The molecule has 0 saturated carbocycles. The fourth-order valence-electron chi connectivity index (χ4n) is 0.417. The molecule has 0 aliphatic rings. The highest BCUT2D eigenvalue weighted by molar-refractivity contribution is 6.70. The van der Waals surface area contributed by atoms with Crippen LogP contribution in [0.1, 0.15) is 0 Å². The molecule has 9 heavy (non-hydrogen) atoms. The minimum absolute atomic E-state index is 0.458. The van der Waals surface area contributed by atoms with E-state index in [1.54, 1.807) is 0 Å². The van der Waals surface area contributed by atoms with Gasteiger partial charge in [-0.15, -0.1) is 0 Å². The Balaban J connectivity index is 3.28. The zero-order valence-electron chi connectivity index (χ0n) is 7.19. The summed E-state index contributed by atoms with van der Waals surface area (Å²) in [6.45, 7) is 11.4. The van der Waals surface area contributed by atoms with Crippen LogP contribution in [0.2, 0.25) is 32.7 Å². The predicted molar refractivity (Wildman–Crippen MR) is 48.2 cm³/mol. The SMILES string of the molecule is C[SiH](C)CO[Si](C)(C)C. The second-order valence-corrected chi connectivity index (χ2v) is 11.5. The lowest BCUT2D eigenvalue weighted by Gasteiger charge is -2.18. The lowest BCUT2D eigenvalue weighted by molar-refractivity contribution is 0.377. The Labute approximate surface area is 61.2 Å². The first kappa shape index (κ1) is 9.39. The van der Waals surface area contributed by atoms with Crippen LogP contribution >= 0.6 is 0 Å². The van der Waals surface area contributed by atoms with E-state index in [1.165, 1.54) is 0 Å². The first-order chi connectivity index (χ1) is 3.92. The Hall–Kier alpha value is 0.394. The highest BCUT2D eigenvalue weighted by Gasteiger charge is 2.14. The van der Waals surface area contributed by atoms with E-state index in [0.29, 0.717) is 0 Å². The molecule has 0 radical (unpaired) electrons. The molecular formula is C6H18OSi2. The summed E-state index contributed by atoms with van der Waals surface area (Å²) in [5.41, 5.74) is 0. The molecule has 0 spiro atoms. The fourth-order valence-corrected chi connectivity index (χ4v) is 3.75. The van der Waals surface area contributed by atoms with E-state index < -0.39 is 17.1 Å². The number of rotatable bonds is 3. The maximum absolute atomic E-state index is 5.69. The van der Waals surface area contributed by atoms with Gasteiger partial charge in [-0.3, -0.25) is 0 Å². The molecule has 56 valence electrons. The van der Waals surface area contributed by atoms with E-state index in [1.807, 2.05) is 0 Å². The van der Waals surface area contributed by atoms with Gasteiger partial charge in [0, 0.05) is 6.23 Å². The van der Waals surface area contributed by atoms with Gasteiger partial charge in [0.15, 0.2) is 8.32 Å². The molecule has 0 aromatic carbocycles. The van der Waals surface area contributed by atoms with Crippen LogP contribution < -0.4 is 0 Å². The molecule has 0 heterocycles. The molecule has 0 aliphatic heterocycles. The zero-order chi connectivity index (χ0) is 7.49. The molecule has 0 rings (SSSR count). The fraction of sp³-hybridized carbons (Fsp3) is 1.00. The molecular weight excluding hydrogens is 144 g/mol. The first-order valence-corrected chi connectivity index (χ1v) is 10.1. The van der Waals surface area contributed by atoms with E-state index in [4.69, 9.17) is 4.43 Å². The van der Waals surface area contributed by atoms with Crippen molar-refractivity contribution < 1.29 is 4.43 Å². The monoisotopic (exact) mass is 162 g/mol. The minimum atomic E-state index is -1.19. The van der Waals surface area contributed by atoms with Crippen LogP contribution in [0.3, 0.4) is 0 Å². The van der Waals surface area contributed by atoms with Gasteiger partial charge in [0.1, 0.15) is 0 Å². The Bertz CT molecular complexity index is 75.6. The smallest absolute Gasteiger partial charge is 0.183 e. The van der Waals surface area contributed by atoms with Crippen LogP contribution in [0.5, 0.6) is 0 Å². The Morgan fingerprint density at radius 1 is 1.22 bits per heavy atom. The van der Waals surface area contributed by atoms with Gasteiger partial charge < -0.3 is 4.43 Å². The summed E-state index contributed by atoms with van der Waals surface area (Å²) in [4.78, 5) is 0. The van der Waals surface area contributed by atoms with Crippen molar-refractivity contribution in [3.05, 3.63) is 0 Å². The first-order valence-electron chi connectivity index (χ1n) is 3.56. The predicted octanol–water partition coefficient (Wildman–Crippen LogP) is 1.86. The molecule has 0 N–H and O–H groups in total. The summed E-state index contributed by atoms with van der Waals surface area (Å²) in [6, 6.07) is 0. The summed E-state index contributed by atoms with van der Waals surface area (Å²) in [6.07, 6.45) is 1.07. The normalized spacial score (nSPS) is 12.7. The highest BCUT2D eigenvalue weighted by Crippen LogP contribution is 2.02. The van der Waals surface area contributed by atoms with Crippen LogP contribution in [-0.4, -0.2) is 23.3 Å². The average Bonchev–Trinajstić information content (AvgIpc) is 1.59. The molecule has 0 atom stereocenters. The largest absolute Gasteiger partial charge is 0.421 e. The van der Waals surface area contributed by atoms with Crippen LogP contribution in [0.4, 0.5) is 0 Å². The molecule has 0 saturated heterocycles. The third-order valence-electron chi connectivity index (χ3n) is 0.850. The summed E-state index contributed by atoms with van der Waals surface area (Å²) in [7, 11) is -1.64. The third kappa shape index (κ3) is 8.39. The number of hydrogen-bond acceptors (Lipinski definition) is 1. The van der Waals surface area contributed by atoms with Gasteiger partial charge >= 0.3 is 0 Å². The standard InChI is InChI=1S/C6H18OSi2/c1-8(2)6-7-9(3,4)5/h8H,6H2,1-5H3. The van der Waals surface area contributed by atoms with Gasteiger partial charge in [-0.25, -0.2) is 0 Å². The number of hydrogen-bond donors (Lipinski definition) is 0. The van der Waals surface area contributed by atoms with Crippen LogP contribution in [0.15, 0.2) is 0 Å². The van der Waals surface area contributed by atoms with Gasteiger partial charge in [-0.05, 0) is 19.6 Å². The Morgan fingerprint density at radius 3 is 1.78 bits per heavy atom. The zero-order valence-corrected chi connectivity index (χ0v) is 9.35. The molecule has 1 nitrogen and oxygen atoms in total. The summed E-state index contributed by atoms with van der Waals surface area (Å²) in [5, 5.41) is 0. The molecule has 0 bridgehead atoms. The van der Waals surface area contributed by atoms with Crippen LogP contribution in [0.25, 0.3) is 0 Å². The van der Waals surface area contributed by atoms with Gasteiger partial charge in [-0.1, -0.05) is 13.1 Å². The lowest BCUT2D eigenvalue weighted by atomic mass is 11.7.